The fourth-order valence-electron chi connectivity index (χ4n) is 11.9. The minimum atomic E-state index is -3.94. The fraction of sp³-hybridized carbons (Fsp3) is 0.483. The molecule has 0 aliphatic heterocycles. The molecule has 0 atom stereocenters. The van der Waals surface area contributed by atoms with Gasteiger partial charge in [0.25, 0.3) is 0 Å². The molecule has 10 rings (SSSR count). The van der Waals surface area contributed by atoms with Crippen molar-refractivity contribution in [3.63, 3.8) is 0 Å². The van der Waals surface area contributed by atoms with Gasteiger partial charge in [-0.15, -0.1) is 69.1 Å². The van der Waals surface area contributed by atoms with E-state index in [4.69, 9.17) is 17.0 Å². The molecule has 4 aliphatic carbocycles. The van der Waals surface area contributed by atoms with Gasteiger partial charge in [0.15, 0.2) is 0 Å². The minimum absolute atomic E-state index is 0.206. The summed E-state index contributed by atoms with van der Waals surface area (Å²) in [6.45, 7) is 15.4. The molecule has 65 heavy (non-hydrogen) atoms. The zero-order valence-electron chi connectivity index (χ0n) is 39.8. The van der Waals surface area contributed by atoms with Crippen LogP contribution in [0.5, 0.6) is 0 Å². The summed E-state index contributed by atoms with van der Waals surface area (Å²) in [5.74, 6) is 2.07. The Morgan fingerprint density at radius 2 is 0.969 bits per heavy atom. The first-order chi connectivity index (χ1) is 30.8. The van der Waals surface area contributed by atoms with E-state index in [0.717, 1.165) is 11.8 Å². The van der Waals surface area contributed by atoms with Gasteiger partial charge in [0.05, 0.1) is 0 Å². The molecule has 0 unspecified atom stereocenters. The van der Waals surface area contributed by atoms with E-state index in [1.807, 2.05) is 0 Å². The second-order valence-electron chi connectivity index (χ2n) is 22.2. The molecule has 344 valence electrons. The van der Waals surface area contributed by atoms with Gasteiger partial charge in [-0.1, -0.05) is 126 Å². The molecule has 0 amide bonds. The molecule has 0 saturated heterocycles. The molecule has 0 N–H and O–H groups in total. The SMILES string of the molecule is CC(C)(C)c1ccc(-c2cccc3[cH-]c(CC45CCC(CC4)C5)cc23)cc1.CC(C)(C)c1ccc(-c2cccc3[cH-]c(CC45CCC(CC4)C5)cc23)cc1.C[Si]CCC(F)(F)F.[Cl][Zr+2][Cl]. The number of fused-ring (bicyclic) bond motifs is 6. The Hall–Kier alpha value is -2.43. The van der Waals surface area contributed by atoms with Crippen LogP contribution in [0.2, 0.25) is 12.6 Å². The first-order valence-electron chi connectivity index (χ1n) is 24.1. The summed E-state index contributed by atoms with van der Waals surface area (Å²) in [5, 5.41) is 5.68. The second-order valence-corrected chi connectivity index (χ2v) is 27.1. The Morgan fingerprint density at radius 1 is 0.600 bits per heavy atom. The van der Waals surface area contributed by atoms with Crippen LogP contribution in [0.1, 0.15) is 134 Å². The van der Waals surface area contributed by atoms with E-state index in [9.17, 15) is 13.2 Å². The van der Waals surface area contributed by atoms with Crippen LogP contribution in [0.15, 0.2) is 109 Å². The predicted octanol–water partition coefficient (Wildman–Crippen LogP) is 18.8. The van der Waals surface area contributed by atoms with Crippen LogP contribution < -0.4 is 0 Å². The van der Waals surface area contributed by atoms with Gasteiger partial charge in [-0.2, -0.15) is 25.3 Å². The summed E-state index contributed by atoms with van der Waals surface area (Å²) in [6.07, 6.45) is 12.7. The van der Waals surface area contributed by atoms with Crippen molar-refractivity contribution in [3.8, 4) is 22.3 Å². The molecule has 0 spiro atoms. The van der Waals surface area contributed by atoms with Gasteiger partial charge >= 0.3 is 44.1 Å². The van der Waals surface area contributed by atoms with Crippen LogP contribution in [-0.2, 0) is 44.5 Å². The molecule has 0 heterocycles. The molecular formula is C58H69Cl2F3SiZr. The molecular weight excluding hydrogens is 944 g/mol. The van der Waals surface area contributed by atoms with Crippen LogP contribution in [0.4, 0.5) is 13.2 Å². The summed E-state index contributed by atoms with van der Waals surface area (Å²) in [7, 11) is 10.3. The Labute approximate surface area is 410 Å². The van der Waals surface area contributed by atoms with Gasteiger partial charge in [0.1, 0.15) is 0 Å². The zero-order chi connectivity index (χ0) is 46.6. The van der Waals surface area contributed by atoms with Crippen LogP contribution in [-0.4, -0.2) is 15.7 Å². The van der Waals surface area contributed by atoms with Gasteiger partial charge in [0.2, 0.25) is 0 Å². The molecule has 6 aromatic carbocycles. The summed E-state index contributed by atoms with van der Waals surface area (Å²) < 4.78 is 33.7. The Kier molecular flexibility index (Phi) is 16.3. The molecule has 0 nitrogen and oxygen atoms in total. The van der Waals surface area contributed by atoms with Crippen LogP contribution in [0.3, 0.4) is 0 Å². The topological polar surface area (TPSA) is 0 Å². The van der Waals surface area contributed by atoms with Gasteiger partial charge in [0, 0.05) is 15.9 Å². The summed E-state index contributed by atoms with van der Waals surface area (Å²) in [5.41, 5.74) is 13.0. The van der Waals surface area contributed by atoms with Crippen LogP contribution >= 0.6 is 17.0 Å². The quantitative estimate of drug-likeness (QED) is 0.105. The van der Waals surface area contributed by atoms with Crippen molar-refractivity contribution in [2.75, 3.05) is 0 Å². The van der Waals surface area contributed by atoms with E-state index < -0.39 is 33.4 Å². The third kappa shape index (κ3) is 12.8. The van der Waals surface area contributed by atoms with Crippen LogP contribution in [0, 0.1) is 22.7 Å². The monoisotopic (exact) mass is 1010 g/mol. The Balaban J connectivity index is 0.000000159. The first kappa shape index (κ1) is 50.4. The Bertz CT molecular complexity index is 2280. The zero-order valence-corrected chi connectivity index (χ0v) is 44.8. The average molecular weight is 1010 g/mol. The molecule has 0 aromatic heterocycles. The van der Waals surface area contributed by atoms with Gasteiger partial charge < -0.3 is 0 Å². The van der Waals surface area contributed by atoms with Crippen molar-refractivity contribution >= 4 is 48.1 Å². The van der Waals surface area contributed by atoms with E-state index >= 15 is 0 Å². The maximum absolute atomic E-state index is 11.2. The van der Waals surface area contributed by atoms with Crippen molar-refractivity contribution in [2.45, 2.75) is 155 Å². The number of hydrogen-bond acceptors (Lipinski definition) is 0. The number of rotatable bonds is 8. The van der Waals surface area contributed by atoms with Crippen molar-refractivity contribution in [3.05, 3.63) is 131 Å². The molecule has 4 aliphatic rings. The van der Waals surface area contributed by atoms with Gasteiger partial charge in [-0.25, -0.2) is 0 Å². The van der Waals surface area contributed by atoms with Crippen LogP contribution in [0.25, 0.3) is 43.8 Å². The number of benzene rings is 4. The molecule has 4 bridgehead atoms. The van der Waals surface area contributed by atoms with E-state index in [1.54, 1.807) is 17.7 Å². The van der Waals surface area contributed by atoms with Gasteiger partial charge in [-0.05, 0) is 133 Å². The predicted molar refractivity (Wildman–Crippen MR) is 272 cm³/mol. The van der Waals surface area contributed by atoms with E-state index in [2.05, 4.69) is 151 Å². The summed E-state index contributed by atoms with van der Waals surface area (Å²) in [6, 6.07) is 42.2. The number of halogens is 5. The molecule has 4 saturated carbocycles. The maximum atomic E-state index is 11.2. The van der Waals surface area contributed by atoms with Crippen molar-refractivity contribution in [1.82, 2.24) is 0 Å². The molecule has 2 radical (unpaired) electrons. The number of alkyl halides is 3. The molecule has 7 heteroatoms. The van der Waals surface area contributed by atoms with E-state index in [0.29, 0.717) is 20.3 Å². The van der Waals surface area contributed by atoms with E-state index in [1.165, 1.54) is 132 Å². The standard InChI is InChI=1S/2C27H31.C4H7F3Si.2ClH.Zr/c2*1-26(2,3)23-9-7-21(8-10-23)24-6-4-5-22-15-20(16-25(22)24)18-27-13-11-19(17-27)12-14-27;1-8-3-2-4(5,6)7;;;/h2*4-10,15-16,19H,11-14,17-18H2,1-3H3;2-3H2,1H3;2*1H;/q2*-1;;;;+4/p-2. The Morgan fingerprint density at radius 3 is 1.25 bits per heavy atom. The fourth-order valence-corrected chi connectivity index (χ4v) is 12.4. The van der Waals surface area contributed by atoms with Crippen molar-refractivity contribution < 1.29 is 34.0 Å². The third-order valence-electron chi connectivity index (χ3n) is 15.3. The summed E-state index contributed by atoms with van der Waals surface area (Å²) >= 11 is -0.826. The molecule has 4 fully saturated rings. The summed E-state index contributed by atoms with van der Waals surface area (Å²) in [4.78, 5) is 0. The second kappa shape index (κ2) is 21.1. The number of hydrogen-bond donors (Lipinski definition) is 0. The first-order valence-corrected chi connectivity index (χ1v) is 32.1. The molecule has 6 aromatic rings. The normalized spacial score (nSPS) is 22.2. The third-order valence-corrected chi connectivity index (χ3v) is 16.1. The van der Waals surface area contributed by atoms with E-state index in [-0.39, 0.29) is 16.9 Å². The van der Waals surface area contributed by atoms with Crippen molar-refractivity contribution in [2.24, 2.45) is 22.7 Å². The average Bonchev–Trinajstić information content (AvgIpc) is 4.14. The van der Waals surface area contributed by atoms with Crippen molar-refractivity contribution in [1.29, 1.82) is 0 Å². The van der Waals surface area contributed by atoms with Gasteiger partial charge in [-0.3, -0.25) is 0 Å².